The van der Waals surface area contributed by atoms with Crippen LogP contribution in [-0.2, 0) is 19.9 Å². The van der Waals surface area contributed by atoms with Gasteiger partial charge in [0.1, 0.15) is 5.75 Å². The number of ether oxygens (including phenoxy) is 1. The number of amides is 1. The van der Waals surface area contributed by atoms with E-state index < -0.39 is 21.8 Å². The molecule has 2 fully saturated rings. The molecule has 0 radical (unpaired) electrons. The topological polar surface area (TPSA) is 114 Å². The predicted molar refractivity (Wildman–Crippen MR) is 114 cm³/mol. The highest BCUT2D eigenvalue weighted by Gasteiger charge is 2.40. The Labute approximate surface area is 178 Å². The molecule has 0 unspecified atom stereocenters. The Morgan fingerprint density at radius 3 is 2.50 bits per heavy atom. The van der Waals surface area contributed by atoms with Crippen LogP contribution in [0.1, 0.15) is 31.2 Å². The second kappa shape index (κ2) is 9.51. The van der Waals surface area contributed by atoms with Gasteiger partial charge in [-0.05, 0) is 50.4 Å². The Balaban J connectivity index is 1.76. The first-order valence-electron chi connectivity index (χ1n) is 10.3. The van der Waals surface area contributed by atoms with Gasteiger partial charge in [-0.1, -0.05) is 12.1 Å². The molecule has 0 atom stereocenters. The molecule has 1 aliphatic carbocycles. The van der Waals surface area contributed by atoms with E-state index in [1.54, 1.807) is 7.11 Å². The van der Waals surface area contributed by atoms with Gasteiger partial charge in [-0.25, -0.2) is 4.79 Å². The fourth-order valence-corrected chi connectivity index (χ4v) is 5.32. The van der Waals surface area contributed by atoms with Crippen molar-refractivity contribution < 1.29 is 22.1 Å². The summed E-state index contributed by atoms with van der Waals surface area (Å²) >= 11 is 0. The van der Waals surface area contributed by atoms with Gasteiger partial charge < -0.3 is 19.6 Å². The molecule has 0 aromatic heterocycles. The Morgan fingerprint density at radius 1 is 1.23 bits per heavy atom. The molecule has 9 nitrogen and oxygen atoms in total. The monoisotopic (exact) mass is 440 g/mol. The molecule has 0 spiro atoms. The lowest BCUT2D eigenvalue weighted by Crippen LogP contribution is -2.52. The minimum atomic E-state index is -4.25. The van der Waals surface area contributed by atoms with E-state index in [1.165, 1.54) is 0 Å². The highest BCUT2D eigenvalue weighted by molar-refractivity contribution is 7.85. The molecule has 3 rings (SSSR count). The number of hydrogen-bond donors (Lipinski definition) is 2. The zero-order valence-corrected chi connectivity index (χ0v) is 18.5. The maximum absolute atomic E-state index is 12.1. The summed E-state index contributed by atoms with van der Waals surface area (Å²) in [5, 5.41) is 0. The van der Waals surface area contributed by atoms with E-state index in [2.05, 4.69) is 25.8 Å². The van der Waals surface area contributed by atoms with Crippen molar-refractivity contribution >= 4 is 16.4 Å². The van der Waals surface area contributed by atoms with Gasteiger partial charge >= 0.3 is 16.4 Å². The summed E-state index contributed by atoms with van der Waals surface area (Å²) in [7, 11) is -0.498. The highest BCUT2D eigenvalue weighted by Crippen LogP contribution is 2.41. The van der Waals surface area contributed by atoms with E-state index in [4.69, 9.17) is 10.5 Å². The van der Waals surface area contributed by atoms with Gasteiger partial charge in [0, 0.05) is 44.2 Å². The fourth-order valence-electron chi connectivity index (χ4n) is 4.59. The number of likely N-dealkylation sites (N-methyl/N-ethyl adjacent to an activating group) is 1. The van der Waals surface area contributed by atoms with E-state index in [-0.39, 0.29) is 6.54 Å². The molecule has 1 heterocycles. The SMILES string of the molecule is COc1cccc(C2(CNS(=O)(=O)OC(N)=O)CCC(N3CCN(C)CC3)CC2)c1. The summed E-state index contributed by atoms with van der Waals surface area (Å²) in [6, 6.07) is 8.24. The lowest BCUT2D eigenvalue weighted by atomic mass is 9.68. The van der Waals surface area contributed by atoms with Gasteiger partial charge in [0.2, 0.25) is 0 Å². The Bertz CT molecular complexity index is 831. The van der Waals surface area contributed by atoms with Crippen LogP contribution in [-0.4, -0.2) is 77.2 Å². The summed E-state index contributed by atoms with van der Waals surface area (Å²) in [5.74, 6) is 0.726. The van der Waals surface area contributed by atoms with Crippen molar-refractivity contribution in [2.24, 2.45) is 5.73 Å². The summed E-state index contributed by atoms with van der Waals surface area (Å²) in [6.07, 6.45) is 2.22. The smallest absolute Gasteiger partial charge is 0.421 e. The standard InChI is InChI=1S/C20H32N4O5S/c1-23-10-12-24(13-11-23)17-6-8-20(9-7-17,15-22-30(26,27)29-19(21)25)16-4-3-5-18(14-16)28-2/h3-5,14,17,22H,6-13,15H2,1-2H3,(H2,21,25). The first-order valence-corrected chi connectivity index (χ1v) is 11.7. The number of carbonyl (C=O) groups is 1. The maximum Gasteiger partial charge on any atom is 0.421 e. The second-order valence-electron chi connectivity index (χ2n) is 8.26. The lowest BCUT2D eigenvalue weighted by molar-refractivity contribution is 0.0750. The molecule has 1 amide bonds. The van der Waals surface area contributed by atoms with Crippen LogP contribution in [0.25, 0.3) is 0 Å². The Kier molecular flexibility index (Phi) is 7.22. The quantitative estimate of drug-likeness (QED) is 0.651. The van der Waals surface area contributed by atoms with Crippen LogP contribution in [0.3, 0.4) is 0 Å². The van der Waals surface area contributed by atoms with Crippen molar-refractivity contribution in [2.45, 2.75) is 37.1 Å². The van der Waals surface area contributed by atoms with Gasteiger partial charge in [0.15, 0.2) is 0 Å². The van der Waals surface area contributed by atoms with Crippen LogP contribution in [0.5, 0.6) is 5.75 Å². The van der Waals surface area contributed by atoms with Gasteiger partial charge in [-0.3, -0.25) is 4.90 Å². The third-order valence-corrected chi connectivity index (χ3v) is 7.31. The number of nitrogens with two attached hydrogens (primary N) is 1. The summed E-state index contributed by atoms with van der Waals surface area (Å²) in [6.45, 7) is 4.40. The van der Waals surface area contributed by atoms with Crippen LogP contribution in [0.15, 0.2) is 24.3 Å². The van der Waals surface area contributed by atoms with Crippen LogP contribution in [0, 0.1) is 0 Å². The molecule has 1 aliphatic heterocycles. The average molecular weight is 441 g/mol. The molecule has 1 saturated carbocycles. The minimum Gasteiger partial charge on any atom is -0.497 e. The van der Waals surface area contributed by atoms with Crippen LogP contribution >= 0.6 is 0 Å². The summed E-state index contributed by atoms with van der Waals surface area (Å²) in [5.41, 5.74) is 5.48. The Hall–Kier alpha value is -1.88. The predicted octanol–water partition coefficient (Wildman–Crippen LogP) is 1.05. The number of methoxy groups -OCH3 is 1. The first kappa shape index (κ1) is 22.8. The molecule has 1 saturated heterocycles. The van der Waals surface area contributed by atoms with E-state index in [1.807, 2.05) is 24.3 Å². The van der Waals surface area contributed by atoms with E-state index in [9.17, 15) is 13.2 Å². The van der Waals surface area contributed by atoms with Crippen LogP contribution < -0.4 is 15.2 Å². The molecule has 1 aromatic rings. The van der Waals surface area contributed by atoms with Crippen molar-refractivity contribution in [1.29, 1.82) is 0 Å². The van der Waals surface area contributed by atoms with Crippen LogP contribution in [0.4, 0.5) is 4.79 Å². The summed E-state index contributed by atoms with van der Waals surface area (Å²) in [4.78, 5) is 15.8. The number of nitrogens with zero attached hydrogens (tertiary/aromatic N) is 2. The number of primary amides is 1. The summed E-state index contributed by atoms with van der Waals surface area (Å²) < 4.78 is 36.1. The number of nitrogens with one attached hydrogen (secondary N) is 1. The van der Waals surface area contributed by atoms with Crippen LogP contribution in [0.2, 0.25) is 0 Å². The fraction of sp³-hybridized carbons (Fsp3) is 0.650. The normalized spacial score (nSPS) is 26.3. The molecular formula is C20H32N4O5S. The number of piperazine rings is 1. The maximum atomic E-state index is 12.1. The largest absolute Gasteiger partial charge is 0.497 e. The average Bonchev–Trinajstić information content (AvgIpc) is 2.72. The van der Waals surface area contributed by atoms with Crippen molar-refractivity contribution in [3.05, 3.63) is 29.8 Å². The number of rotatable bonds is 7. The molecule has 2 aliphatic rings. The number of carbonyl (C=O) groups excluding carboxylic acids is 1. The number of hydrogen-bond acceptors (Lipinski definition) is 7. The first-order chi connectivity index (χ1) is 14.2. The second-order valence-corrected chi connectivity index (χ2v) is 9.62. The zero-order chi connectivity index (χ0) is 21.8. The van der Waals surface area contributed by atoms with Gasteiger partial charge in [-0.2, -0.15) is 13.1 Å². The van der Waals surface area contributed by atoms with Crippen molar-refractivity contribution in [1.82, 2.24) is 14.5 Å². The Morgan fingerprint density at radius 2 is 1.90 bits per heavy atom. The van der Waals surface area contributed by atoms with Gasteiger partial charge in [0.25, 0.3) is 0 Å². The molecular weight excluding hydrogens is 408 g/mol. The van der Waals surface area contributed by atoms with E-state index >= 15 is 0 Å². The molecule has 10 heteroatoms. The van der Waals surface area contributed by atoms with Crippen molar-refractivity contribution in [3.63, 3.8) is 0 Å². The lowest BCUT2D eigenvalue weighted by Gasteiger charge is -2.46. The molecule has 3 N–H and O–H groups in total. The molecule has 30 heavy (non-hydrogen) atoms. The molecule has 168 valence electrons. The third kappa shape index (κ3) is 5.63. The molecule has 1 aromatic carbocycles. The minimum absolute atomic E-state index is 0.130. The zero-order valence-electron chi connectivity index (χ0n) is 17.7. The van der Waals surface area contributed by atoms with Crippen molar-refractivity contribution in [2.75, 3.05) is 46.9 Å². The third-order valence-electron chi connectivity index (χ3n) is 6.43. The van der Waals surface area contributed by atoms with E-state index in [0.29, 0.717) is 6.04 Å². The van der Waals surface area contributed by atoms with Gasteiger partial charge in [0.05, 0.1) is 7.11 Å². The number of benzene rings is 1. The van der Waals surface area contributed by atoms with Gasteiger partial charge in [-0.15, -0.1) is 0 Å². The van der Waals surface area contributed by atoms with Crippen molar-refractivity contribution in [3.8, 4) is 5.75 Å². The molecule has 0 bridgehead atoms. The van der Waals surface area contributed by atoms with E-state index in [0.717, 1.165) is 63.2 Å². The highest BCUT2D eigenvalue weighted by atomic mass is 32.2.